The van der Waals surface area contributed by atoms with Crippen molar-refractivity contribution in [2.45, 2.75) is 25.6 Å². The summed E-state index contributed by atoms with van der Waals surface area (Å²) >= 11 is 0. The monoisotopic (exact) mass is 327 g/mol. The minimum Gasteiger partial charge on any atom is -0.310 e. The highest BCUT2D eigenvalue weighted by molar-refractivity contribution is 7.90. The SMILES string of the molecule is CCNC(CCS(C)(=O)=O)c1cc(F)ccc1C(F)(F)F. The van der Waals surface area contributed by atoms with E-state index in [1.54, 1.807) is 6.92 Å². The molecule has 0 saturated heterocycles. The Bertz CT molecular complexity index is 584. The topological polar surface area (TPSA) is 46.2 Å². The molecule has 0 heterocycles. The molecule has 8 heteroatoms. The van der Waals surface area contributed by atoms with Gasteiger partial charge >= 0.3 is 6.18 Å². The van der Waals surface area contributed by atoms with Crippen molar-refractivity contribution in [1.82, 2.24) is 5.32 Å². The fourth-order valence-corrected chi connectivity index (χ4v) is 2.69. The zero-order valence-electron chi connectivity index (χ0n) is 11.7. The van der Waals surface area contributed by atoms with Gasteiger partial charge in [-0.25, -0.2) is 12.8 Å². The van der Waals surface area contributed by atoms with E-state index in [1.165, 1.54) is 0 Å². The lowest BCUT2D eigenvalue weighted by molar-refractivity contribution is -0.138. The maximum Gasteiger partial charge on any atom is 0.416 e. The van der Waals surface area contributed by atoms with E-state index >= 15 is 0 Å². The van der Waals surface area contributed by atoms with Gasteiger partial charge in [0.1, 0.15) is 15.7 Å². The second kappa shape index (κ2) is 6.74. The zero-order valence-corrected chi connectivity index (χ0v) is 12.5. The molecule has 120 valence electrons. The summed E-state index contributed by atoms with van der Waals surface area (Å²) in [6.07, 6.45) is -3.67. The van der Waals surface area contributed by atoms with Gasteiger partial charge < -0.3 is 5.32 Å². The van der Waals surface area contributed by atoms with Crippen LogP contribution in [0.2, 0.25) is 0 Å². The Kier molecular flexibility index (Phi) is 5.75. The smallest absolute Gasteiger partial charge is 0.310 e. The average Bonchev–Trinajstić information content (AvgIpc) is 2.31. The van der Waals surface area contributed by atoms with Crippen molar-refractivity contribution in [2.75, 3.05) is 18.6 Å². The third-order valence-electron chi connectivity index (χ3n) is 2.92. The molecule has 0 aromatic heterocycles. The van der Waals surface area contributed by atoms with Crippen LogP contribution in [0.1, 0.15) is 30.5 Å². The summed E-state index contributed by atoms with van der Waals surface area (Å²) in [5, 5.41) is 2.78. The van der Waals surface area contributed by atoms with E-state index < -0.39 is 33.4 Å². The molecule has 0 aliphatic carbocycles. The molecule has 0 amide bonds. The molecule has 1 rings (SSSR count). The van der Waals surface area contributed by atoms with Gasteiger partial charge in [-0.3, -0.25) is 0 Å². The summed E-state index contributed by atoms with van der Waals surface area (Å²) in [5.74, 6) is -1.07. The molecule has 0 saturated carbocycles. The number of alkyl halides is 3. The molecular weight excluding hydrogens is 310 g/mol. The highest BCUT2D eigenvalue weighted by Gasteiger charge is 2.35. The summed E-state index contributed by atoms with van der Waals surface area (Å²) in [7, 11) is -3.32. The van der Waals surface area contributed by atoms with Crippen molar-refractivity contribution in [3.05, 3.63) is 35.1 Å². The quantitative estimate of drug-likeness (QED) is 0.817. The second-order valence-corrected chi connectivity index (χ2v) is 7.02. The fourth-order valence-electron chi connectivity index (χ4n) is 2.03. The summed E-state index contributed by atoms with van der Waals surface area (Å²) < 4.78 is 74.6. The van der Waals surface area contributed by atoms with E-state index in [1.807, 2.05) is 0 Å². The molecule has 1 aromatic rings. The minimum atomic E-state index is -4.62. The zero-order chi connectivity index (χ0) is 16.3. The predicted molar refractivity (Wildman–Crippen MR) is 72.1 cm³/mol. The van der Waals surface area contributed by atoms with E-state index in [9.17, 15) is 26.0 Å². The van der Waals surface area contributed by atoms with Crippen molar-refractivity contribution in [1.29, 1.82) is 0 Å². The first kappa shape index (κ1) is 17.9. The van der Waals surface area contributed by atoms with Crippen molar-refractivity contribution in [3.63, 3.8) is 0 Å². The Morgan fingerprint density at radius 1 is 1.29 bits per heavy atom. The van der Waals surface area contributed by atoms with Crippen LogP contribution in [0, 0.1) is 5.82 Å². The third kappa shape index (κ3) is 5.62. The molecule has 3 nitrogen and oxygen atoms in total. The normalized spacial score (nSPS) is 14.2. The molecule has 21 heavy (non-hydrogen) atoms. The van der Waals surface area contributed by atoms with Crippen LogP contribution in [0.25, 0.3) is 0 Å². The van der Waals surface area contributed by atoms with Gasteiger partial charge in [0, 0.05) is 12.3 Å². The van der Waals surface area contributed by atoms with E-state index in [4.69, 9.17) is 0 Å². The molecule has 0 aliphatic heterocycles. The number of nitrogens with one attached hydrogen (secondary N) is 1. The molecule has 0 fully saturated rings. The number of hydrogen-bond acceptors (Lipinski definition) is 3. The van der Waals surface area contributed by atoms with Gasteiger partial charge in [0.15, 0.2) is 0 Å². The molecule has 0 radical (unpaired) electrons. The lowest BCUT2D eigenvalue weighted by atomic mass is 9.97. The third-order valence-corrected chi connectivity index (χ3v) is 3.90. The Hall–Kier alpha value is -1.15. The van der Waals surface area contributed by atoms with E-state index in [2.05, 4.69) is 5.32 Å². The molecular formula is C13H17F4NO2S. The van der Waals surface area contributed by atoms with Crippen molar-refractivity contribution < 1.29 is 26.0 Å². The van der Waals surface area contributed by atoms with Crippen LogP contribution in [-0.2, 0) is 16.0 Å². The van der Waals surface area contributed by atoms with Gasteiger partial charge in [0.2, 0.25) is 0 Å². The lowest BCUT2D eigenvalue weighted by Crippen LogP contribution is -2.26. The van der Waals surface area contributed by atoms with Crippen LogP contribution in [-0.4, -0.2) is 27.0 Å². The first-order chi connectivity index (χ1) is 9.54. The predicted octanol–water partition coefficient (Wildman–Crippen LogP) is 2.93. The number of hydrogen-bond donors (Lipinski definition) is 1. The molecule has 1 atom stereocenters. The first-order valence-electron chi connectivity index (χ1n) is 6.32. The average molecular weight is 327 g/mol. The van der Waals surface area contributed by atoms with Gasteiger partial charge in [-0.05, 0) is 36.7 Å². The standard InChI is InChI=1S/C13H17F4NO2S/c1-3-18-12(6-7-21(2,19)20)10-8-9(14)4-5-11(10)13(15,16)17/h4-5,8,12,18H,3,6-7H2,1-2H3. The molecule has 1 aromatic carbocycles. The number of rotatable bonds is 6. The number of sulfone groups is 1. The summed E-state index contributed by atoms with van der Waals surface area (Å²) in [4.78, 5) is 0. The maximum absolute atomic E-state index is 13.3. The Morgan fingerprint density at radius 3 is 2.38 bits per heavy atom. The van der Waals surface area contributed by atoms with E-state index in [0.29, 0.717) is 12.6 Å². The highest BCUT2D eigenvalue weighted by atomic mass is 32.2. The van der Waals surface area contributed by atoms with Crippen LogP contribution >= 0.6 is 0 Å². The first-order valence-corrected chi connectivity index (χ1v) is 8.38. The van der Waals surface area contributed by atoms with Crippen LogP contribution < -0.4 is 5.32 Å². The Morgan fingerprint density at radius 2 is 1.90 bits per heavy atom. The summed E-state index contributed by atoms with van der Waals surface area (Å²) in [5.41, 5.74) is -1.23. The van der Waals surface area contributed by atoms with Crippen LogP contribution in [0.15, 0.2) is 18.2 Å². The number of benzene rings is 1. The van der Waals surface area contributed by atoms with Crippen molar-refractivity contribution in [2.24, 2.45) is 0 Å². The van der Waals surface area contributed by atoms with Crippen molar-refractivity contribution >= 4 is 9.84 Å². The molecule has 0 bridgehead atoms. The van der Waals surface area contributed by atoms with Gasteiger partial charge in [-0.1, -0.05) is 6.92 Å². The van der Waals surface area contributed by atoms with E-state index in [0.717, 1.165) is 18.4 Å². The number of halogens is 4. The highest BCUT2D eigenvalue weighted by Crippen LogP contribution is 2.36. The van der Waals surface area contributed by atoms with Crippen LogP contribution in [0.5, 0.6) is 0 Å². The van der Waals surface area contributed by atoms with Crippen LogP contribution in [0.3, 0.4) is 0 Å². The summed E-state index contributed by atoms with van der Waals surface area (Å²) in [6, 6.07) is 1.34. The van der Waals surface area contributed by atoms with Gasteiger partial charge in [0.25, 0.3) is 0 Å². The molecule has 1 N–H and O–H groups in total. The maximum atomic E-state index is 13.3. The van der Waals surface area contributed by atoms with Gasteiger partial charge in [-0.2, -0.15) is 13.2 Å². The molecule has 0 aliphatic rings. The Labute approximate surface area is 121 Å². The fraction of sp³-hybridized carbons (Fsp3) is 0.538. The molecule has 1 unspecified atom stereocenters. The van der Waals surface area contributed by atoms with Crippen LogP contribution in [0.4, 0.5) is 17.6 Å². The summed E-state index contributed by atoms with van der Waals surface area (Å²) in [6.45, 7) is 2.02. The largest absolute Gasteiger partial charge is 0.416 e. The van der Waals surface area contributed by atoms with Crippen molar-refractivity contribution in [3.8, 4) is 0 Å². The van der Waals surface area contributed by atoms with Gasteiger partial charge in [-0.15, -0.1) is 0 Å². The lowest BCUT2D eigenvalue weighted by Gasteiger charge is -2.22. The second-order valence-electron chi connectivity index (χ2n) is 4.76. The molecule has 0 spiro atoms. The Balaban J connectivity index is 3.20. The van der Waals surface area contributed by atoms with E-state index in [-0.39, 0.29) is 17.7 Å². The van der Waals surface area contributed by atoms with Gasteiger partial charge in [0.05, 0.1) is 11.3 Å². The minimum absolute atomic E-state index is 0.0563.